The lowest BCUT2D eigenvalue weighted by atomic mass is 9.92. The van der Waals surface area contributed by atoms with Crippen molar-refractivity contribution >= 4 is 62.3 Å². The first-order valence-electron chi connectivity index (χ1n) is 21.4. The minimum atomic E-state index is -2.70. The van der Waals surface area contributed by atoms with Crippen LogP contribution in [0.15, 0.2) is 48.8 Å². The molecule has 1 fully saturated rings. The van der Waals surface area contributed by atoms with Crippen LogP contribution in [0.1, 0.15) is 103 Å². The highest BCUT2D eigenvalue weighted by molar-refractivity contribution is 7.19. The summed E-state index contributed by atoms with van der Waals surface area (Å²) in [4.78, 5) is 72.3. The van der Waals surface area contributed by atoms with Crippen molar-refractivity contribution in [2.45, 2.75) is 90.6 Å². The number of halogens is 2. The topological polar surface area (TPSA) is 194 Å². The third-order valence-electron chi connectivity index (χ3n) is 12.2. The molecule has 64 heavy (non-hydrogen) atoms. The van der Waals surface area contributed by atoms with E-state index in [1.165, 1.54) is 13.0 Å². The van der Waals surface area contributed by atoms with Gasteiger partial charge < -0.3 is 20.0 Å². The number of unbranched alkanes of at least 4 members (excludes halogenated alkanes) is 1. The molecule has 0 saturated carbocycles. The smallest absolute Gasteiger partial charge is 0.343 e. The second-order valence-corrected chi connectivity index (χ2v) is 17.4. The Bertz CT molecular complexity index is 2620. The normalized spacial score (nSPS) is 15.2. The van der Waals surface area contributed by atoms with Gasteiger partial charge in [-0.1, -0.05) is 12.1 Å². The molecule has 2 aromatic carbocycles. The number of carbonyl (C=O) groups excluding carboxylic acids is 4. The molecule has 8 rings (SSSR count). The molecule has 0 spiro atoms. The van der Waals surface area contributed by atoms with E-state index in [9.17, 15) is 38.1 Å². The summed E-state index contributed by atoms with van der Waals surface area (Å²) in [6.45, 7) is 5.61. The summed E-state index contributed by atoms with van der Waals surface area (Å²) in [6.07, 6.45) is 5.47. The monoisotopic (exact) mass is 897 g/mol. The van der Waals surface area contributed by atoms with E-state index in [2.05, 4.69) is 25.4 Å². The van der Waals surface area contributed by atoms with Crippen molar-refractivity contribution < 1.29 is 32.9 Å². The third-order valence-corrected chi connectivity index (χ3v) is 13.2. The number of anilines is 4. The molecule has 4 amide bonds. The quantitative estimate of drug-likeness (QED) is 0.0679. The van der Waals surface area contributed by atoms with E-state index in [1.807, 2.05) is 15.9 Å². The molecule has 20 heteroatoms. The van der Waals surface area contributed by atoms with Gasteiger partial charge in [-0.05, 0) is 92.2 Å². The van der Waals surface area contributed by atoms with Gasteiger partial charge in [0.1, 0.15) is 5.69 Å². The molecule has 1 saturated heterocycles. The van der Waals surface area contributed by atoms with Crippen molar-refractivity contribution in [1.82, 2.24) is 34.3 Å². The highest BCUT2D eigenvalue weighted by Crippen LogP contribution is 2.44. The van der Waals surface area contributed by atoms with E-state index >= 15 is 0 Å². The van der Waals surface area contributed by atoms with Crippen LogP contribution in [-0.2, 0) is 40.8 Å². The van der Waals surface area contributed by atoms with Gasteiger partial charge in [0.05, 0.1) is 35.0 Å². The van der Waals surface area contributed by atoms with Crippen LogP contribution in [0.5, 0.6) is 0 Å². The Morgan fingerprint density at radius 2 is 1.77 bits per heavy atom. The number of amides is 4. The van der Waals surface area contributed by atoms with Gasteiger partial charge in [0.25, 0.3) is 12.3 Å². The zero-order valence-corrected chi connectivity index (χ0v) is 36.6. The molecule has 3 aromatic heterocycles. The number of nitrogens with zero attached hydrogens (tertiary/aromatic N) is 9. The van der Waals surface area contributed by atoms with Gasteiger partial charge in [-0.15, -0.1) is 0 Å². The van der Waals surface area contributed by atoms with Crippen LogP contribution in [-0.4, -0.2) is 89.1 Å². The molecule has 0 bridgehead atoms. The van der Waals surface area contributed by atoms with Crippen LogP contribution >= 0.6 is 11.3 Å². The Labute approximate surface area is 371 Å². The van der Waals surface area contributed by atoms with Crippen molar-refractivity contribution in [1.29, 1.82) is 0 Å². The second kappa shape index (κ2) is 18.6. The van der Waals surface area contributed by atoms with E-state index in [4.69, 9.17) is 5.10 Å². The van der Waals surface area contributed by atoms with E-state index in [-0.39, 0.29) is 69.2 Å². The van der Waals surface area contributed by atoms with Crippen LogP contribution in [0, 0.1) is 17.0 Å². The predicted molar refractivity (Wildman–Crippen MR) is 236 cm³/mol. The molecule has 0 radical (unpaired) electrons. The molecule has 336 valence electrons. The van der Waals surface area contributed by atoms with Crippen molar-refractivity contribution in [3.05, 3.63) is 92.5 Å². The molecule has 0 atom stereocenters. The average molecular weight is 898 g/mol. The fourth-order valence-electron chi connectivity index (χ4n) is 8.93. The zero-order chi connectivity index (χ0) is 45.2. The summed E-state index contributed by atoms with van der Waals surface area (Å²) in [7, 11) is 1.76. The standard InChI is InChI=1S/C44H49F2N11O6S/c1-26-43(57(62)63)64-44(48-26)50-42(61)31-10-4-5-11-35(31)49-38(59)12-6-7-13-39(60)53-18-14-30(15-19-53)56-36-16-20-54(27(2)58)25-34(36)41(51-56)55-17-8-9-28-21-32(29-23-47-52(3)24-29)33(40(45)46)22-37(28)55/h4-5,10-11,21-24,30,40H,6-9,12-20,25H2,1-3H3,(H,49,59)(H,48,50,61). The molecule has 0 unspecified atom stereocenters. The van der Waals surface area contributed by atoms with Gasteiger partial charge in [-0.2, -0.15) is 10.2 Å². The van der Waals surface area contributed by atoms with Crippen molar-refractivity contribution in [3.8, 4) is 11.1 Å². The maximum atomic E-state index is 14.7. The SMILES string of the molecule is CC(=O)N1CCc2c(c(N3CCCc4cc(-c5cnn(C)c5)c(C(F)F)cc43)nn2C2CCN(C(=O)CCCCC(=O)Nc3ccccc3C(=O)Nc3nc(C)c([N+](=O)[O-])s3)CC2)C1. The van der Waals surface area contributed by atoms with Crippen LogP contribution in [0.2, 0.25) is 0 Å². The first kappa shape index (κ1) is 44.1. The number of hydrogen-bond acceptors (Lipinski definition) is 11. The molecular weight excluding hydrogens is 849 g/mol. The molecule has 3 aliphatic heterocycles. The number of aromatic nitrogens is 5. The van der Waals surface area contributed by atoms with Gasteiger partial charge in [-0.3, -0.25) is 44.0 Å². The lowest BCUT2D eigenvalue weighted by molar-refractivity contribution is -0.380. The number of nitrogens with one attached hydrogen (secondary N) is 2. The molecule has 6 heterocycles. The summed E-state index contributed by atoms with van der Waals surface area (Å²) in [5.41, 5.74) is 5.29. The highest BCUT2D eigenvalue weighted by atomic mass is 32.1. The number of nitro groups is 1. The van der Waals surface area contributed by atoms with Crippen molar-refractivity contribution in [3.63, 3.8) is 0 Å². The number of thiazole rings is 1. The Morgan fingerprint density at radius 3 is 2.47 bits per heavy atom. The Hall–Kier alpha value is -6.57. The molecule has 0 aliphatic carbocycles. The largest absolute Gasteiger partial charge is 0.348 e. The first-order valence-corrected chi connectivity index (χ1v) is 22.2. The lowest BCUT2D eigenvalue weighted by Crippen LogP contribution is -2.40. The summed E-state index contributed by atoms with van der Waals surface area (Å²) in [5, 5.41) is 25.9. The number of aryl methyl sites for hydroxylation is 3. The highest BCUT2D eigenvalue weighted by Gasteiger charge is 2.35. The lowest BCUT2D eigenvalue weighted by Gasteiger charge is -2.34. The van der Waals surface area contributed by atoms with Gasteiger partial charge in [0.15, 0.2) is 10.9 Å². The van der Waals surface area contributed by atoms with E-state index < -0.39 is 17.3 Å². The Kier molecular flexibility index (Phi) is 12.8. The van der Waals surface area contributed by atoms with E-state index in [0.717, 1.165) is 41.0 Å². The number of rotatable bonds is 13. The summed E-state index contributed by atoms with van der Waals surface area (Å²) < 4.78 is 33.1. The summed E-state index contributed by atoms with van der Waals surface area (Å²) in [5.74, 6) is -0.243. The second-order valence-electron chi connectivity index (χ2n) is 16.4. The van der Waals surface area contributed by atoms with Crippen molar-refractivity contribution in [2.75, 3.05) is 41.7 Å². The molecular formula is C44H49F2N11O6S. The van der Waals surface area contributed by atoms with E-state index in [1.54, 1.807) is 60.2 Å². The van der Waals surface area contributed by atoms with Crippen molar-refractivity contribution in [2.24, 2.45) is 7.05 Å². The number of alkyl halides is 2. The molecule has 5 aromatic rings. The van der Waals surface area contributed by atoms with Crippen LogP contribution < -0.4 is 15.5 Å². The average Bonchev–Trinajstić information content (AvgIpc) is 4.00. The Balaban J connectivity index is 0.885. The number of likely N-dealkylation sites (tertiary alicyclic amines) is 1. The first-order chi connectivity index (χ1) is 30.7. The number of hydrogen-bond donors (Lipinski definition) is 2. The van der Waals surface area contributed by atoms with E-state index in [0.29, 0.717) is 87.5 Å². The maximum absolute atomic E-state index is 14.7. The number of carbonyl (C=O) groups is 4. The Morgan fingerprint density at radius 1 is 1.00 bits per heavy atom. The summed E-state index contributed by atoms with van der Waals surface area (Å²) >= 11 is 0.750. The molecule has 17 nitrogen and oxygen atoms in total. The molecule has 2 N–H and O–H groups in total. The third kappa shape index (κ3) is 9.22. The van der Waals surface area contributed by atoms with Gasteiger partial charge in [0, 0.05) is 93.7 Å². The molecule has 3 aliphatic rings. The minimum Gasteiger partial charge on any atom is -0.343 e. The number of para-hydroxylation sites is 1. The van der Waals surface area contributed by atoms with Gasteiger partial charge in [-0.25, -0.2) is 13.8 Å². The van der Waals surface area contributed by atoms with Crippen LogP contribution in [0.3, 0.4) is 0 Å². The van der Waals surface area contributed by atoms with Gasteiger partial charge >= 0.3 is 5.00 Å². The minimum absolute atomic E-state index is 0.00197. The van der Waals surface area contributed by atoms with Crippen LogP contribution in [0.25, 0.3) is 11.1 Å². The summed E-state index contributed by atoms with van der Waals surface area (Å²) in [6, 6.07) is 9.90. The number of fused-ring (bicyclic) bond motifs is 2. The fourth-order valence-corrected chi connectivity index (χ4v) is 9.71. The number of benzene rings is 2. The predicted octanol–water partition coefficient (Wildman–Crippen LogP) is 7.50. The van der Waals surface area contributed by atoms with Gasteiger partial charge in [0.2, 0.25) is 17.7 Å². The number of piperidine rings is 1. The van der Waals surface area contributed by atoms with Crippen LogP contribution in [0.4, 0.5) is 36.1 Å². The fraction of sp³-hybridized carbons (Fsp3) is 0.432. The maximum Gasteiger partial charge on any atom is 0.348 e. The zero-order valence-electron chi connectivity index (χ0n) is 35.8.